The zero-order valence-electron chi connectivity index (χ0n) is 17.9. The molecule has 0 atom stereocenters. The van der Waals surface area contributed by atoms with E-state index in [9.17, 15) is 9.59 Å². The van der Waals surface area contributed by atoms with Gasteiger partial charge in [-0.05, 0) is 36.4 Å². The molecule has 0 aliphatic heterocycles. The lowest BCUT2D eigenvalue weighted by molar-refractivity contribution is -0.115. The number of para-hydroxylation sites is 2. The van der Waals surface area contributed by atoms with Crippen LogP contribution < -0.4 is 32.6 Å². The van der Waals surface area contributed by atoms with Crippen LogP contribution in [-0.2, 0) is 9.32 Å². The van der Waals surface area contributed by atoms with Gasteiger partial charge in [0.15, 0.2) is 6.79 Å². The smallest absolute Gasteiger partial charge is 0.330 e. The molecule has 13 heteroatoms. The Morgan fingerprint density at radius 1 is 0.912 bits per heavy atom. The minimum atomic E-state index is -2.37. The first-order valence-corrected chi connectivity index (χ1v) is 10.9. The van der Waals surface area contributed by atoms with Gasteiger partial charge >= 0.3 is 8.60 Å². The number of pyridine rings is 1. The Balaban J connectivity index is 0.000000270. The predicted octanol–water partition coefficient (Wildman–Crippen LogP) is 1.45. The van der Waals surface area contributed by atoms with Crippen molar-refractivity contribution in [3.63, 3.8) is 0 Å². The van der Waals surface area contributed by atoms with Gasteiger partial charge in [-0.2, -0.15) is 0 Å². The summed E-state index contributed by atoms with van der Waals surface area (Å²) in [7, 11) is -2.37. The van der Waals surface area contributed by atoms with E-state index in [4.69, 9.17) is 31.7 Å². The zero-order valence-corrected chi connectivity index (χ0v) is 18.8. The van der Waals surface area contributed by atoms with Crippen LogP contribution in [0.3, 0.4) is 0 Å². The van der Waals surface area contributed by atoms with Crippen molar-refractivity contribution in [3.05, 3.63) is 72.3 Å². The van der Waals surface area contributed by atoms with E-state index in [1.807, 2.05) is 0 Å². The van der Waals surface area contributed by atoms with Crippen LogP contribution >= 0.6 is 8.60 Å². The normalized spacial score (nSPS) is 10.1. The molecule has 0 spiro atoms. The molecule has 0 saturated heterocycles. The highest BCUT2D eigenvalue weighted by Crippen LogP contribution is 2.26. The summed E-state index contributed by atoms with van der Waals surface area (Å²) in [6.45, 7) is -0.396. The van der Waals surface area contributed by atoms with Crippen molar-refractivity contribution in [1.82, 2.24) is 10.3 Å². The molecule has 180 valence electrons. The van der Waals surface area contributed by atoms with Gasteiger partial charge < -0.3 is 42.4 Å². The van der Waals surface area contributed by atoms with Crippen LogP contribution in [-0.4, -0.2) is 39.9 Å². The molecule has 10 N–H and O–H groups in total. The van der Waals surface area contributed by atoms with Gasteiger partial charge in [0.2, 0.25) is 5.91 Å². The van der Waals surface area contributed by atoms with Gasteiger partial charge in [0.25, 0.3) is 5.91 Å². The van der Waals surface area contributed by atoms with Gasteiger partial charge in [0.05, 0.1) is 17.9 Å². The van der Waals surface area contributed by atoms with Gasteiger partial charge in [0.1, 0.15) is 17.4 Å². The van der Waals surface area contributed by atoms with Crippen molar-refractivity contribution < 1.29 is 28.6 Å². The number of nitrogen functional groups attached to an aromatic ring is 3. The van der Waals surface area contributed by atoms with Gasteiger partial charge in [-0.25, -0.2) is 4.98 Å². The maximum Gasteiger partial charge on any atom is 0.330 e. The number of amides is 2. The maximum absolute atomic E-state index is 11.8. The molecule has 3 rings (SSSR count). The van der Waals surface area contributed by atoms with Crippen molar-refractivity contribution >= 4 is 43.4 Å². The first kappa shape index (κ1) is 26.3. The lowest BCUT2D eigenvalue weighted by atomic mass is 10.2. The number of nitrogens with one attached hydrogen (secondary N) is 2. The molecule has 3 aromatic rings. The van der Waals surface area contributed by atoms with Crippen molar-refractivity contribution in [1.29, 1.82) is 0 Å². The minimum absolute atomic E-state index is 0.140. The third-order valence-electron chi connectivity index (χ3n) is 3.97. The standard InChI is InChI=1S/C14H15N5O2.C7H10NO4P/c15-10-6-7-11(19-13(10)16)18-12(20)8-17-14(21)9-4-2-1-3-5-9;8-6-3-1-2-4-7(6)11-5-12-13(9)10/h1-7H,8,15H2,(H,17,21)(H3,16,18,19,20);1-4,9-10H,5,8H2. The molecule has 0 bridgehead atoms. The number of nitrogens with two attached hydrogens (primary N) is 3. The molecule has 0 aliphatic rings. The SMILES string of the molecule is Nc1ccc(NC(=O)CNC(=O)c2ccccc2)nc1N.Nc1ccccc1OCOP(O)O. The Kier molecular flexibility index (Phi) is 10.5. The second-order valence-electron chi connectivity index (χ2n) is 6.45. The number of carbonyl (C=O) groups is 2. The van der Waals surface area contributed by atoms with E-state index in [1.165, 1.54) is 6.07 Å². The molecule has 0 radical (unpaired) electrons. The predicted molar refractivity (Wildman–Crippen MR) is 129 cm³/mol. The van der Waals surface area contributed by atoms with Crippen LogP contribution in [0, 0.1) is 0 Å². The minimum Gasteiger partial charge on any atom is -0.465 e. The first-order chi connectivity index (χ1) is 16.3. The van der Waals surface area contributed by atoms with Gasteiger partial charge in [-0.1, -0.05) is 30.3 Å². The summed E-state index contributed by atoms with van der Waals surface area (Å²) < 4.78 is 9.40. The Bertz CT molecular complexity index is 1090. The highest BCUT2D eigenvalue weighted by atomic mass is 31.2. The lowest BCUT2D eigenvalue weighted by Gasteiger charge is -2.08. The molecule has 2 aromatic carbocycles. The number of carbonyl (C=O) groups excluding carboxylic acids is 2. The third-order valence-corrected chi connectivity index (χ3v) is 4.31. The second-order valence-corrected chi connectivity index (χ2v) is 7.21. The van der Waals surface area contributed by atoms with E-state index in [0.29, 0.717) is 22.7 Å². The van der Waals surface area contributed by atoms with Crippen molar-refractivity contribution in [2.24, 2.45) is 0 Å². The van der Waals surface area contributed by atoms with E-state index in [-0.39, 0.29) is 30.9 Å². The average molecular weight is 488 g/mol. The topological polar surface area (TPSA) is 208 Å². The van der Waals surface area contributed by atoms with Crippen molar-refractivity contribution in [2.45, 2.75) is 0 Å². The number of nitrogens with zero attached hydrogens (tertiary/aromatic N) is 1. The van der Waals surface area contributed by atoms with Crippen LogP contribution in [0.1, 0.15) is 10.4 Å². The van der Waals surface area contributed by atoms with Crippen LogP contribution in [0.5, 0.6) is 5.75 Å². The van der Waals surface area contributed by atoms with E-state index in [0.717, 1.165) is 0 Å². The number of aromatic nitrogens is 1. The average Bonchev–Trinajstić information content (AvgIpc) is 2.82. The summed E-state index contributed by atoms with van der Waals surface area (Å²) in [5.41, 5.74) is 17.9. The molecule has 0 saturated carbocycles. The number of rotatable bonds is 8. The molecule has 34 heavy (non-hydrogen) atoms. The van der Waals surface area contributed by atoms with Gasteiger partial charge in [-0.3, -0.25) is 14.1 Å². The van der Waals surface area contributed by atoms with Crippen LogP contribution in [0.25, 0.3) is 0 Å². The molecule has 1 heterocycles. The molecule has 0 aliphatic carbocycles. The molecule has 0 unspecified atom stereocenters. The maximum atomic E-state index is 11.8. The quantitative estimate of drug-likeness (QED) is 0.138. The van der Waals surface area contributed by atoms with E-state index >= 15 is 0 Å². The lowest BCUT2D eigenvalue weighted by Crippen LogP contribution is -2.33. The molecular formula is C21H25N6O6P. The van der Waals surface area contributed by atoms with E-state index in [1.54, 1.807) is 60.7 Å². The van der Waals surface area contributed by atoms with E-state index < -0.39 is 14.5 Å². The summed E-state index contributed by atoms with van der Waals surface area (Å²) in [5.74, 6) is 0.146. The number of benzene rings is 2. The summed E-state index contributed by atoms with van der Waals surface area (Å²) >= 11 is 0. The Morgan fingerprint density at radius 2 is 1.59 bits per heavy atom. The Hall–Kier alpha value is -3.96. The number of anilines is 4. The van der Waals surface area contributed by atoms with Crippen LogP contribution in [0.4, 0.5) is 23.0 Å². The Labute approximate surface area is 196 Å². The summed E-state index contributed by atoms with van der Waals surface area (Å²) in [4.78, 5) is 44.1. The number of ether oxygens (including phenoxy) is 1. The fourth-order valence-corrected chi connectivity index (χ4v) is 2.49. The molecule has 0 fully saturated rings. The molecule has 2 amide bonds. The van der Waals surface area contributed by atoms with Gasteiger partial charge in [-0.15, -0.1) is 0 Å². The summed E-state index contributed by atoms with van der Waals surface area (Å²) in [6, 6.07) is 18.6. The zero-order chi connectivity index (χ0) is 24.9. The highest BCUT2D eigenvalue weighted by molar-refractivity contribution is 7.39. The summed E-state index contributed by atoms with van der Waals surface area (Å²) in [5, 5.41) is 5.03. The monoisotopic (exact) mass is 488 g/mol. The molecule has 1 aromatic heterocycles. The van der Waals surface area contributed by atoms with Crippen LogP contribution in [0.15, 0.2) is 66.7 Å². The largest absolute Gasteiger partial charge is 0.465 e. The fraction of sp³-hybridized carbons (Fsp3) is 0.0952. The molecular weight excluding hydrogens is 463 g/mol. The fourth-order valence-electron chi connectivity index (χ4n) is 2.34. The third kappa shape index (κ3) is 9.27. The Morgan fingerprint density at radius 3 is 2.24 bits per heavy atom. The highest BCUT2D eigenvalue weighted by Gasteiger charge is 2.09. The molecule has 12 nitrogen and oxygen atoms in total. The van der Waals surface area contributed by atoms with Gasteiger partial charge in [0, 0.05) is 5.56 Å². The van der Waals surface area contributed by atoms with Crippen molar-refractivity contribution in [2.75, 3.05) is 35.9 Å². The van der Waals surface area contributed by atoms with E-state index in [2.05, 4.69) is 20.1 Å². The van der Waals surface area contributed by atoms with Crippen molar-refractivity contribution in [3.8, 4) is 5.75 Å². The second kappa shape index (κ2) is 13.6. The number of hydrogen-bond acceptors (Lipinski definition) is 10. The summed E-state index contributed by atoms with van der Waals surface area (Å²) in [6.07, 6.45) is 0. The van der Waals surface area contributed by atoms with Crippen LogP contribution in [0.2, 0.25) is 0 Å². The number of hydrogen-bond donors (Lipinski definition) is 7. The first-order valence-electron chi connectivity index (χ1n) is 9.69.